The molecular formula is C15H24OS. The summed E-state index contributed by atoms with van der Waals surface area (Å²) in [7, 11) is 0. The molecule has 0 saturated carbocycles. The zero-order chi connectivity index (χ0) is 13.0. The molecule has 0 spiro atoms. The van der Waals surface area contributed by atoms with Crippen molar-refractivity contribution >= 4 is 12.6 Å². The van der Waals surface area contributed by atoms with Crippen molar-refractivity contribution in [1.82, 2.24) is 0 Å². The molecule has 1 nitrogen and oxygen atoms in total. The second kappa shape index (κ2) is 6.34. The van der Waals surface area contributed by atoms with Crippen molar-refractivity contribution in [2.75, 3.05) is 12.4 Å². The van der Waals surface area contributed by atoms with Crippen LogP contribution in [-0.4, -0.2) is 12.4 Å². The Balaban J connectivity index is 3.20. The van der Waals surface area contributed by atoms with Gasteiger partial charge in [-0.1, -0.05) is 6.92 Å². The van der Waals surface area contributed by atoms with Crippen LogP contribution in [0.15, 0.2) is 6.07 Å². The lowest BCUT2D eigenvalue weighted by Gasteiger charge is -2.21. The first kappa shape index (κ1) is 14.4. The molecule has 2 heteroatoms. The van der Waals surface area contributed by atoms with Crippen LogP contribution in [0.2, 0.25) is 0 Å². The van der Waals surface area contributed by atoms with Crippen molar-refractivity contribution in [3.05, 3.63) is 28.3 Å². The first-order chi connectivity index (χ1) is 8.02. The van der Waals surface area contributed by atoms with Gasteiger partial charge >= 0.3 is 0 Å². The summed E-state index contributed by atoms with van der Waals surface area (Å²) in [6.45, 7) is 11.6. The number of hydrogen-bond donors (Lipinski definition) is 1. The predicted octanol–water partition coefficient (Wildman–Crippen LogP) is 4.43. The van der Waals surface area contributed by atoms with Gasteiger partial charge in [0, 0.05) is 0 Å². The van der Waals surface area contributed by atoms with Crippen LogP contribution in [0.3, 0.4) is 0 Å². The zero-order valence-electron chi connectivity index (χ0n) is 11.6. The van der Waals surface area contributed by atoms with Crippen molar-refractivity contribution in [2.45, 2.75) is 47.0 Å². The Labute approximate surface area is 111 Å². The highest BCUT2D eigenvalue weighted by atomic mass is 32.1. The number of ether oxygens (including phenoxy) is 1. The SMILES string of the molecule is CCOc1cc(C)c(C(C)CCS)c(C)c1C. The van der Waals surface area contributed by atoms with Gasteiger partial charge in [-0.2, -0.15) is 12.6 Å². The highest BCUT2D eigenvalue weighted by molar-refractivity contribution is 7.80. The van der Waals surface area contributed by atoms with Crippen LogP contribution in [0.1, 0.15) is 48.4 Å². The smallest absolute Gasteiger partial charge is 0.122 e. The molecule has 0 amide bonds. The van der Waals surface area contributed by atoms with Crippen molar-refractivity contribution in [2.24, 2.45) is 0 Å². The molecule has 17 heavy (non-hydrogen) atoms. The molecule has 1 atom stereocenters. The summed E-state index contributed by atoms with van der Waals surface area (Å²) in [5.74, 6) is 2.54. The quantitative estimate of drug-likeness (QED) is 0.763. The standard InChI is InChI=1S/C15H24OS/c1-6-16-14-9-11(3)15(10(2)7-8-17)13(5)12(14)4/h9-10,17H,6-8H2,1-5H3. The Bertz CT molecular complexity index is 385. The molecule has 0 aliphatic rings. The van der Waals surface area contributed by atoms with Crippen LogP contribution < -0.4 is 4.74 Å². The fourth-order valence-corrected chi connectivity index (χ4v) is 2.85. The Kier molecular flexibility index (Phi) is 5.38. The van der Waals surface area contributed by atoms with Crippen molar-refractivity contribution in [1.29, 1.82) is 0 Å². The molecule has 0 saturated heterocycles. The second-order valence-corrected chi connectivity index (χ2v) is 5.15. The molecule has 96 valence electrons. The monoisotopic (exact) mass is 252 g/mol. The van der Waals surface area contributed by atoms with Gasteiger partial charge in [-0.3, -0.25) is 0 Å². The number of hydrogen-bond acceptors (Lipinski definition) is 2. The van der Waals surface area contributed by atoms with Crippen molar-refractivity contribution < 1.29 is 4.74 Å². The lowest BCUT2D eigenvalue weighted by molar-refractivity contribution is 0.337. The van der Waals surface area contributed by atoms with Gasteiger partial charge in [0.1, 0.15) is 5.75 Å². The number of thiol groups is 1. The van der Waals surface area contributed by atoms with Crippen molar-refractivity contribution in [3.8, 4) is 5.75 Å². The number of rotatable bonds is 5. The van der Waals surface area contributed by atoms with Gasteiger partial charge in [-0.15, -0.1) is 0 Å². The molecule has 0 heterocycles. The molecule has 1 rings (SSSR count). The first-order valence-corrected chi connectivity index (χ1v) is 7.00. The summed E-state index contributed by atoms with van der Waals surface area (Å²) in [5, 5.41) is 0. The van der Waals surface area contributed by atoms with E-state index in [4.69, 9.17) is 4.74 Å². The average Bonchev–Trinajstić information content (AvgIpc) is 2.26. The molecule has 0 N–H and O–H groups in total. The van der Waals surface area contributed by atoms with Gasteiger partial charge in [0.05, 0.1) is 6.61 Å². The van der Waals surface area contributed by atoms with Gasteiger partial charge in [0.25, 0.3) is 0 Å². The fraction of sp³-hybridized carbons (Fsp3) is 0.600. The van der Waals surface area contributed by atoms with E-state index in [2.05, 4.69) is 46.4 Å². The van der Waals surface area contributed by atoms with Crippen LogP contribution in [0, 0.1) is 20.8 Å². The average molecular weight is 252 g/mol. The maximum absolute atomic E-state index is 5.68. The maximum atomic E-state index is 5.68. The maximum Gasteiger partial charge on any atom is 0.122 e. The van der Waals surface area contributed by atoms with Crippen LogP contribution in [0.4, 0.5) is 0 Å². The molecule has 0 aromatic heterocycles. The normalized spacial score (nSPS) is 12.6. The summed E-state index contributed by atoms with van der Waals surface area (Å²) < 4.78 is 5.68. The van der Waals surface area contributed by atoms with E-state index in [1.54, 1.807) is 0 Å². The third-order valence-electron chi connectivity index (χ3n) is 3.46. The molecule has 1 unspecified atom stereocenters. The highest BCUT2D eigenvalue weighted by Gasteiger charge is 2.15. The van der Waals surface area contributed by atoms with Gasteiger partial charge in [0.15, 0.2) is 0 Å². The first-order valence-electron chi connectivity index (χ1n) is 6.37. The van der Waals surface area contributed by atoms with E-state index in [1.165, 1.54) is 22.3 Å². The molecule has 0 aliphatic heterocycles. The van der Waals surface area contributed by atoms with E-state index in [1.807, 2.05) is 6.92 Å². The Morgan fingerprint density at radius 2 is 1.88 bits per heavy atom. The largest absolute Gasteiger partial charge is 0.494 e. The van der Waals surface area contributed by atoms with Gasteiger partial charge in [-0.05, 0) is 74.1 Å². The van der Waals surface area contributed by atoms with E-state index in [9.17, 15) is 0 Å². The fourth-order valence-electron chi connectivity index (χ4n) is 2.47. The molecule has 0 bridgehead atoms. The third-order valence-corrected chi connectivity index (χ3v) is 3.72. The van der Waals surface area contributed by atoms with E-state index in [-0.39, 0.29) is 0 Å². The molecule has 0 aliphatic carbocycles. The van der Waals surface area contributed by atoms with E-state index >= 15 is 0 Å². The Hall–Kier alpha value is -0.630. The third kappa shape index (κ3) is 3.19. The lowest BCUT2D eigenvalue weighted by Crippen LogP contribution is -2.05. The summed E-state index contributed by atoms with van der Waals surface area (Å²) in [4.78, 5) is 0. The molecular weight excluding hydrogens is 228 g/mol. The minimum Gasteiger partial charge on any atom is -0.494 e. The Morgan fingerprint density at radius 3 is 2.41 bits per heavy atom. The van der Waals surface area contributed by atoms with E-state index < -0.39 is 0 Å². The zero-order valence-corrected chi connectivity index (χ0v) is 12.5. The Morgan fingerprint density at radius 1 is 1.24 bits per heavy atom. The molecule has 0 radical (unpaired) electrons. The van der Waals surface area contributed by atoms with Gasteiger partial charge < -0.3 is 4.74 Å². The van der Waals surface area contributed by atoms with Gasteiger partial charge in [-0.25, -0.2) is 0 Å². The summed E-state index contributed by atoms with van der Waals surface area (Å²) >= 11 is 4.33. The summed E-state index contributed by atoms with van der Waals surface area (Å²) in [6.07, 6.45) is 1.12. The minimum atomic E-state index is 0.571. The molecule has 1 aromatic rings. The molecule has 0 fully saturated rings. The number of aryl methyl sites for hydroxylation is 1. The minimum absolute atomic E-state index is 0.571. The lowest BCUT2D eigenvalue weighted by atomic mass is 9.87. The second-order valence-electron chi connectivity index (χ2n) is 4.70. The topological polar surface area (TPSA) is 9.23 Å². The van der Waals surface area contributed by atoms with E-state index in [0.29, 0.717) is 5.92 Å². The highest BCUT2D eigenvalue weighted by Crippen LogP contribution is 2.33. The van der Waals surface area contributed by atoms with Crippen LogP contribution in [-0.2, 0) is 0 Å². The predicted molar refractivity (Wildman–Crippen MR) is 78.7 cm³/mol. The molecule has 1 aromatic carbocycles. The van der Waals surface area contributed by atoms with Crippen LogP contribution in [0.5, 0.6) is 5.75 Å². The number of benzene rings is 1. The van der Waals surface area contributed by atoms with Gasteiger partial charge in [0.2, 0.25) is 0 Å². The van der Waals surface area contributed by atoms with Crippen LogP contribution in [0.25, 0.3) is 0 Å². The summed E-state index contributed by atoms with van der Waals surface area (Å²) in [5.41, 5.74) is 5.46. The van der Waals surface area contributed by atoms with E-state index in [0.717, 1.165) is 24.5 Å². The summed E-state index contributed by atoms with van der Waals surface area (Å²) in [6, 6.07) is 2.18. The van der Waals surface area contributed by atoms with Crippen LogP contribution >= 0.6 is 12.6 Å². The van der Waals surface area contributed by atoms with Crippen molar-refractivity contribution in [3.63, 3.8) is 0 Å².